The topological polar surface area (TPSA) is 41.6 Å². The molecule has 0 atom stereocenters. The van der Waals surface area contributed by atoms with Crippen molar-refractivity contribution in [3.63, 3.8) is 0 Å². The third-order valence-corrected chi connectivity index (χ3v) is 4.32. The maximum atomic E-state index is 12.2. The van der Waals surface area contributed by atoms with E-state index in [0.717, 1.165) is 42.6 Å². The highest BCUT2D eigenvalue weighted by molar-refractivity contribution is 7.10. The minimum atomic E-state index is 0.0261. The first kappa shape index (κ1) is 14.1. The van der Waals surface area contributed by atoms with E-state index < -0.39 is 0 Å². The highest BCUT2D eigenvalue weighted by atomic mass is 32.1. The second kappa shape index (κ2) is 6.74. The van der Waals surface area contributed by atoms with E-state index in [9.17, 15) is 4.79 Å². The molecule has 0 unspecified atom stereocenters. The van der Waals surface area contributed by atoms with Gasteiger partial charge in [0.15, 0.2) is 0 Å². The molecule has 2 heterocycles. The Kier molecular flexibility index (Phi) is 4.52. The minimum absolute atomic E-state index is 0.0261. The molecule has 4 nitrogen and oxygen atoms in total. The van der Waals surface area contributed by atoms with Crippen LogP contribution in [-0.2, 0) is 16.0 Å². The lowest BCUT2D eigenvalue weighted by Crippen LogP contribution is -2.36. The Bertz CT molecular complexity index is 592. The van der Waals surface area contributed by atoms with E-state index in [4.69, 9.17) is 4.74 Å². The smallest absolute Gasteiger partial charge is 0.229 e. The Morgan fingerprint density at radius 1 is 1.19 bits per heavy atom. The maximum Gasteiger partial charge on any atom is 0.229 e. The number of rotatable bonds is 4. The Morgan fingerprint density at radius 3 is 2.76 bits per heavy atom. The van der Waals surface area contributed by atoms with Crippen molar-refractivity contribution in [3.8, 4) is 0 Å². The molecule has 0 bridgehead atoms. The SMILES string of the molecule is O=C(Cc1cccs1)Nc1ccccc1N1CCOCC1. The molecular weight excluding hydrogens is 284 g/mol. The van der Waals surface area contributed by atoms with E-state index >= 15 is 0 Å². The van der Waals surface area contributed by atoms with Crippen LogP contribution < -0.4 is 10.2 Å². The Labute approximate surface area is 128 Å². The molecule has 0 aliphatic carbocycles. The zero-order valence-corrected chi connectivity index (χ0v) is 12.6. The van der Waals surface area contributed by atoms with Crippen molar-refractivity contribution in [3.05, 3.63) is 46.7 Å². The minimum Gasteiger partial charge on any atom is -0.378 e. The number of morpholine rings is 1. The van der Waals surface area contributed by atoms with Gasteiger partial charge in [-0.3, -0.25) is 4.79 Å². The van der Waals surface area contributed by atoms with Gasteiger partial charge in [0, 0.05) is 18.0 Å². The fraction of sp³-hybridized carbons (Fsp3) is 0.312. The summed E-state index contributed by atoms with van der Waals surface area (Å²) in [4.78, 5) is 15.5. The fourth-order valence-corrected chi connectivity index (χ4v) is 3.13. The third-order valence-electron chi connectivity index (χ3n) is 3.44. The Hall–Kier alpha value is -1.85. The van der Waals surface area contributed by atoms with Crippen molar-refractivity contribution in [1.82, 2.24) is 0 Å². The van der Waals surface area contributed by atoms with E-state index in [2.05, 4.69) is 10.2 Å². The number of carbonyl (C=O) groups excluding carboxylic acids is 1. The molecule has 1 aromatic carbocycles. The van der Waals surface area contributed by atoms with Gasteiger partial charge in [-0.25, -0.2) is 0 Å². The fourth-order valence-electron chi connectivity index (χ4n) is 2.43. The average Bonchev–Trinajstić information content (AvgIpc) is 3.01. The van der Waals surface area contributed by atoms with Gasteiger partial charge in [-0.15, -0.1) is 11.3 Å². The molecule has 0 spiro atoms. The summed E-state index contributed by atoms with van der Waals surface area (Å²) in [7, 11) is 0. The van der Waals surface area contributed by atoms with Crippen LogP contribution in [0.3, 0.4) is 0 Å². The van der Waals surface area contributed by atoms with Crippen LogP contribution in [0.2, 0.25) is 0 Å². The van der Waals surface area contributed by atoms with Gasteiger partial charge < -0.3 is 15.0 Å². The number of anilines is 2. The van der Waals surface area contributed by atoms with Crippen LogP contribution in [-0.4, -0.2) is 32.2 Å². The van der Waals surface area contributed by atoms with Gasteiger partial charge in [0.2, 0.25) is 5.91 Å². The lowest BCUT2D eigenvalue weighted by Gasteiger charge is -2.30. The first-order chi connectivity index (χ1) is 10.3. The lowest BCUT2D eigenvalue weighted by atomic mass is 10.2. The Morgan fingerprint density at radius 2 is 2.00 bits per heavy atom. The third kappa shape index (κ3) is 3.62. The van der Waals surface area contributed by atoms with Crippen molar-refractivity contribution >= 4 is 28.6 Å². The number of nitrogens with zero attached hydrogens (tertiary/aromatic N) is 1. The molecule has 0 saturated carbocycles. The monoisotopic (exact) mass is 302 g/mol. The van der Waals surface area contributed by atoms with Crippen molar-refractivity contribution in [2.75, 3.05) is 36.5 Å². The largest absolute Gasteiger partial charge is 0.378 e. The van der Waals surface area contributed by atoms with E-state index in [-0.39, 0.29) is 5.91 Å². The van der Waals surface area contributed by atoms with Gasteiger partial charge in [-0.2, -0.15) is 0 Å². The van der Waals surface area contributed by atoms with Crippen LogP contribution in [0, 0.1) is 0 Å². The molecule has 1 fully saturated rings. The molecule has 0 radical (unpaired) electrons. The number of thiophene rings is 1. The van der Waals surface area contributed by atoms with Crippen LogP contribution in [0.4, 0.5) is 11.4 Å². The van der Waals surface area contributed by atoms with Gasteiger partial charge in [-0.05, 0) is 23.6 Å². The second-order valence-corrected chi connectivity index (χ2v) is 5.95. The van der Waals surface area contributed by atoms with Crippen molar-refractivity contribution < 1.29 is 9.53 Å². The standard InChI is InChI=1S/C16H18N2O2S/c19-16(12-13-4-3-11-21-13)17-14-5-1-2-6-15(14)18-7-9-20-10-8-18/h1-6,11H,7-10,12H2,(H,17,19). The van der Waals surface area contributed by atoms with Crippen LogP contribution >= 0.6 is 11.3 Å². The van der Waals surface area contributed by atoms with Crippen LogP contribution in [0.25, 0.3) is 0 Å². The number of hydrogen-bond donors (Lipinski definition) is 1. The summed E-state index contributed by atoms with van der Waals surface area (Å²) in [5.74, 6) is 0.0261. The summed E-state index contributed by atoms with van der Waals surface area (Å²) < 4.78 is 5.38. The van der Waals surface area contributed by atoms with E-state index in [1.54, 1.807) is 11.3 Å². The van der Waals surface area contributed by atoms with Crippen LogP contribution in [0.1, 0.15) is 4.88 Å². The average molecular weight is 302 g/mol. The molecule has 1 aliphatic heterocycles. The molecule has 1 saturated heterocycles. The van der Waals surface area contributed by atoms with Crippen molar-refractivity contribution in [2.45, 2.75) is 6.42 Å². The molecular formula is C16H18N2O2S. The van der Waals surface area contributed by atoms with Gasteiger partial charge in [0.25, 0.3) is 0 Å². The van der Waals surface area contributed by atoms with E-state index in [0.29, 0.717) is 6.42 Å². The summed E-state index contributed by atoms with van der Waals surface area (Å²) in [5.41, 5.74) is 1.95. The number of carbonyl (C=O) groups is 1. The number of benzene rings is 1. The van der Waals surface area contributed by atoms with Crippen LogP contribution in [0.15, 0.2) is 41.8 Å². The molecule has 1 amide bonds. The predicted molar refractivity (Wildman–Crippen MR) is 86.1 cm³/mol. The van der Waals surface area contributed by atoms with Gasteiger partial charge in [-0.1, -0.05) is 18.2 Å². The number of amides is 1. The molecule has 3 rings (SSSR count). The molecule has 2 aromatic rings. The van der Waals surface area contributed by atoms with Gasteiger partial charge >= 0.3 is 0 Å². The summed E-state index contributed by atoms with van der Waals surface area (Å²) >= 11 is 1.61. The predicted octanol–water partition coefficient (Wildman–Crippen LogP) is 2.77. The molecule has 21 heavy (non-hydrogen) atoms. The first-order valence-electron chi connectivity index (χ1n) is 7.07. The molecule has 110 valence electrons. The zero-order chi connectivity index (χ0) is 14.5. The lowest BCUT2D eigenvalue weighted by molar-refractivity contribution is -0.115. The second-order valence-electron chi connectivity index (χ2n) is 4.92. The van der Waals surface area contributed by atoms with Crippen molar-refractivity contribution in [1.29, 1.82) is 0 Å². The van der Waals surface area contributed by atoms with E-state index in [1.165, 1.54) is 0 Å². The quantitative estimate of drug-likeness (QED) is 0.944. The highest BCUT2D eigenvalue weighted by Crippen LogP contribution is 2.26. The Balaban J connectivity index is 1.71. The summed E-state index contributed by atoms with van der Waals surface area (Å²) in [6, 6.07) is 11.9. The van der Waals surface area contributed by atoms with Crippen LogP contribution in [0.5, 0.6) is 0 Å². The van der Waals surface area contributed by atoms with Crippen molar-refractivity contribution in [2.24, 2.45) is 0 Å². The number of ether oxygens (including phenoxy) is 1. The van der Waals surface area contributed by atoms with E-state index in [1.807, 2.05) is 41.8 Å². The molecule has 1 aromatic heterocycles. The molecule has 1 aliphatic rings. The summed E-state index contributed by atoms with van der Waals surface area (Å²) in [6.07, 6.45) is 0.426. The first-order valence-corrected chi connectivity index (χ1v) is 7.95. The maximum absolute atomic E-state index is 12.2. The number of nitrogens with one attached hydrogen (secondary N) is 1. The zero-order valence-electron chi connectivity index (χ0n) is 11.7. The number of para-hydroxylation sites is 2. The molecule has 5 heteroatoms. The van der Waals surface area contributed by atoms with Gasteiger partial charge in [0.05, 0.1) is 31.0 Å². The summed E-state index contributed by atoms with van der Waals surface area (Å²) in [5, 5.41) is 5.02. The normalized spacial score (nSPS) is 15.0. The number of hydrogen-bond acceptors (Lipinski definition) is 4. The highest BCUT2D eigenvalue weighted by Gasteiger charge is 2.15. The molecule has 1 N–H and O–H groups in total. The van der Waals surface area contributed by atoms with Gasteiger partial charge in [0.1, 0.15) is 0 Å². The summed E-state index contributed by atoms with van der Waals surface area (Å²) in [6.45, 7) is 3.19.